The van der Waals surface area contributed by atoms with E-state index in [-0.39, 0.29) is 23.8 Å². The van der Waals surface area contributed by atoms with Gasteiger partial charge in [0.05, 0.1) is 4.92 Å². The first kappa shape index (κ1) is 21.5. The first-order valence-corrected chi connectivity index (χ1v) is 8.54. The van der Waals surface area contributed by atoms with Crippen LogP contribution in [-0.2, 0) is 12.4 Å². The Kier molecular flexibility index (Phi) is 5.17. The van der Waals surface area contributed by atoms with Gasteiger partial charge < -0.3 is 9.72 Å². The van der Waals surface area contributed by atoms with Crippen molar-refractivity contribution in [2.75, 3.05) is 0 Å². The van der Waals surface area contributed by atoms with Gasteiger partial charge in [-0.2, -0.15) is 26.3 Å². The number of hydrogen-bond acceptors (Lipinski definition) is 3. The molecule has 2 aromatic carbocycles. The smallest absolute Gasteiger partial charge is 0.420 e. The molecule has 1 heterocycles. The zero-order valence-electron chi connectivity index (χ0n) is 15.5. The molecule has 1 aromatic heterocycles. The third-order valence-electron chi connectivity index (χ3n) is 4.42. The number of nitro benzene ring substituents is 1. The highest BCUT2D eigenvalue weighted by molar-refractivity contribution is 5.85. The summed E-state index contributed by atoms with van der Waals surface area (Å²) in [5.74, 6) is -1.78. The molecule has 11 heteroatoms. The lowest BCUT2D eigenvalue weighted by Crippen LogP contribution is -2.15. The second kappa shape index (κ2) is 7.22. The van der Waals surface area contributed by atoms with Crippen LogP contribution in [0.1, 0.15) is 36.5 Å². The average molecular weight is 432 g/mol. The van der Waals surface area contributed by atoms with Gasteiger partial charge in [0.2, 0.25) is 0 Å². The standard InChI is InChI=1S/C19H14F6N2O3/c1-9(2)13-8-26-16-4-3-11(7-12(13)16)30-17-14(18(20,21)22)5-10(27(28)29)6-15(17)19(23,24)25/h3-9,26H,1-2H3. The van der Waals surface area contributed by atoms with Crippen molar-refractivity contribution in [1.82, 2.24) is 4.98 Å². The van der Waals surface area contributed by atoms with Gasteiger partial charge in [0.15, 0.2) is 5.75 Å². The molecular formula is C19H14F6N2O3. The summed E-state index contributed by atoms with van der Waals surface area (Å²) in [6.45, 7) is 3.74. The van der Waals surface area contributed by atoms with Crippen molar-refractivity contribution in [1.29, 1.82) is 0 Å². The van der Waals surface area contributed by atoms with Gasteiger partial charge in [0.25, 0.3) is 5.69 Å². The third-order valence-corrected chi connectivity index (χ3v) is 4.42. The number of nitrogens with zero attached hydrogens (tertiary/aromatic N) is 1. The number of fused-ring (bicyclic) bond motifs is 1. The number of rotatable bonds is 4. The summed E-state index contributed by atoms with van der Waals surface area (Å²) < 4.78 is 85.8. The Balaban J connectivity index is 2.23. The number of aromatic nitrogens is 1. The number of hydrogen-bond donors (Lipinski definition) is 1. The highest BCUT2D eigenvalue weighted by Gasteiger charge is 2.44. The highest BCUT2D eigenvalue weighted by atomic mass is 19.4. The second-order valence-electron chi connectivity index (χ2n) is 6.83. The minimum atomic E-state index is -5.32. The summed E-state index contributed by atoms with van der Waals surface area (Å²) in [6, 6.07) is 4.05. The summed E-state index contributed by atoms with van der Waals surface area (Å²) in [5, 5.41) is 11.4. The minimum absolute atomic E-state index is 0.0267. The first-order chi connectivity index (χ1) is 13.8. The number of alkyl halides is 6. The van der Waals surface area contributed by atoms with E-state index in [1.165, 1.54) is 18.2 Å². The molecule has 0 aliphatic rings. The van der Waals surface area contributed by atoms with Crippen LogP contribution in [0.3, 0.4) is 0 Å². The Bertz CT molecular complexity index is 1080. The van der Waals surface area contributed by atoms with Crippen molar-refractivity contribution >= 4 is 16.6 Å². The largest absolute Gasteiger partial charge is 0.456 e. The number of benzene rings is 2. The van der Waals surface area contributed by atoms with E-state index in [9.17, 15) is 36.5 Å². The third kappa shape index (κ3) is 4.05. The van der Waals surface area contributed by atoms with Crippen LogP contribution >= 0.6 is 0 Å². The van der Waals surface area contributed by atoms with Crippen molar-refractivity contribution in [3.8, 4) is 11.5 Å². The summed E-state index contributed by atoms with van der Waals surface area (Å²) >= 11 is 0. The van der Waals surface area contributed by atoms with Crippen LogP contribution in [0.2, 0.25) is 0 Å². The predicted molar refractivity (Wildman–Crippen MR) is 95.6 cm³/mol. The van der Waals surface area contributed by atoms with Crippen LogP contribution in [-0.4, -0.2) is 9.91 Å². The molecule has 0 aliphatic carbocycles. The van der Waals surface area contributed by atoms with Crippen LogP contribution < -0.4 is 4.74 Å². The van der Waals surface area contributed by atoms with Gasteiger partial charge in [-0.3, -0.25) is 10.1 Å². The maximum atomic E-state index is 13.5. The molecule has 0 fully saturated rings. The predicted octanol–water partition coefficient (Wildman–Crippen LogP) is 7.03. The second-order valence-corrected chi connectivity index (χ2v) is 6.83. The zero-order valence-corrected chi connectivity index (χ0v) is 15.5. The SMILES string of the molecule is CC(C)c1c[nH]c2ccc(Oc3c(C(F)(F)F)cc([N+](=O)[O-])cc3C(F)(F)F)cc12. The molecule has 0 aliphatic heterocycles. The first-order valence-electron chi connectivity index (χ1n) is 8.54. The highest BCUT2D eigenvalue weighted by Crippen LogP contribution is 2.48. The van der Waals surface area contributed by atoms with Crippen molar-refractivity contribution in [3.05, 3.63) is 63.3 Å². The van der Waals surface area contributed by atoms with Gasteiger partial charge in [0.1, 0.15) is 16.9 Å². The van der Waals surface area contributed by atoms with E-state index in [0.717, 1.165) is 5.56 Å². The van der Waals surface area contributed by atoms with E-state index in [4.69, 9.17) is 4.74 Å². The Labute approximate surface area is 165 Å². The van der Waals surface area contributed by atoms with Crippen LogP contribution in [0, 0.1) is 10.1 Å². The van der Waals surface area contributed by atoms with Crippen molar-refractivity contribution in [2.45, 2.75) is 32.1 Å². The molecule has 0 amide bonds. The van der Waals surface area contributed by atoms with Gasteiger partial charge in [0, 0.05) is 29.2 Å². The van der Waals surface area contributed by atoms with Crippen LogP contribution in [0.25, 0.3) is 10.9 Å². The van der Waals surface area contributed by atoms with Gasteiger partial charge in [-0.1, -0.05) is 13.8 Å². The number of H-pyrrole nitrogens is 1. The fraction of sp³-hybridized carbons (Fsp3) is 0.263. The van der Waals surface area contributed by atoms with Crippen LogP contribution in [0.4, 0.5) is 32.0 Å². The number of ether oxygens (including phenoxy) is 1. The van der Waals surface area contributed by atoms with Gasteiger partial charge in [-0.15, -0.1) is 0 Å². The molecule has 0 radical (unpaired) electrons. The lowest BCUT2D eigenvalue weighted by Gasteiger charge is -2.19. The Morgan fingerprint density at radius 2 is 1.57 bits per heavy atom. The average Bonchev–Trinajstić information content (AvgIpc) is 3.03. The van der Waals surface area contributed by atoms with Crippen LogP contribution in [0.15, 0.2) is 36.5 Å². The Hall–Kier alpha value is -3.24. The molecule has 1 N–H and O–H groups in total. The zero-order chi connectivity index (χ0) is 22.4. The van der Waals surface area contributed by atoms with Crippen molar-refractivity contribution in [2.24, 2.45) is 0 Å². The molecule has 0 saturated carbocycles. The number of non-ortho nitro benzene ring substituents is 1. The fourth-order valence-corrected chi connectivity index (χ4v) is 3.03. The molecule has 5 nitrogen and oxygen atoms in total. The summed E-state index contributed by atoms with van der Waals surface area (Å²) in [7, 11) is 0. The van der Waals surface area contributed by atoms with E-state index in [0.29, 0.717) is 10.9 Å². The van der Waals surface area contributed by atoms with Crippen molar-refractivity contribution < 1.29 is 36.0 Å². The molecule has 3 aromatic rings. The molecule has 30 heavy (non-hydrogen) atoms. The maximum absolute atomic E-state index is 13.5. The van der Waals surface area contributed by atoms with Crippen LogP contribution in [0.5, 0.6) is 11.5 Å². The van der Waals surface area contributed by atoms with E-state index in [1.54, 1.807) is 6.20 Å². The maximum Gasteiger partial charge on any atom is 0.420 e. The van der Waals surface area contributed by atoms with Gasteiger partial charge in [-0.05, 0) is 29.7 Å². The van der Waals surface area contributed by atoms with Gasteiger partial charge in [-0.25, -0.2) is 0 Å². The Morgan fingerprint density at radius 3 is 2.03 bits per heavy atom. The summed E-state index contributed by atoms with van der Waals surface area (Å²) in [6.07, 6.45) is -8.95. The number of aromatic amines is 1. The molecule has 0 unspecified atom stereocenters. The minimum Gasteiger partial charge on any atom is -0.456 e. The molecular weight excluding hydrogens is 418 g/mol. The normalized spacial score (nSPS) is 12.6. The fourth-order valence-electron chi connectivity index (χ4n) is 3.03. The van der Waals surface area contributed by atoms with Crippen molar-refractivity contribution in [3.63, 3.8) is 0 Å². The van der Waals surface area contributed by atoms with E-state index >= 15 is 0 Å². The quantitative estimate of drug-likeness (QED) is 0.273. The molecule has 160 valence electrons. The Morgan fingerprint density at radius 1 is 1.00 bits per heavy atom. The number of nitro groups is 1. The lowest BCUT2D eigenvalue weighted by molar-refractivity contribution is -0.385. The topological polar surface area (TPSA) is 68.2 Å². The number of halogens is 6. The molecule has 3 rings (SSSR count). The molecule has 0 atom stereocenters. The molecule has 0 saturated heterocycles. The lowest BCUT2D eigenvalue weighted by atomic mass is 10.0. The summed E-state index contributed by atoms with van der Waals surface area (Å²) in [5.41, 5.74) is -3.69. The van der Waals surface area contributed by atoms with E-state index in [2.05, 4.69) is 4.98 Å². The molecule has 0 spiro atoms. The molecule has 0 bridgehead atoms. The van der Waals surface area contributed by atoms with E-state index < -0.39 is 39.8 Å². The summed E-state index contributed by atoms with van der Waals surface area (Å²) in [4.78, 5) is 12.5. The monoisotopic (exact) mass is 432 g/mol. The number of nitrogens with one attached hydrogen (secondary N) is 1. The van der Waals surface area contributed by atoms with E-state index in [1.807, 2.05) is 13.8 Å². The van der Waals surface area contributed by atoms with Gasteiger partial charge >= 0.3 is 12.4 Å².